The summed E-state index contributed by atoms with van der Waals surface area (Å²) < 4.78 is 11.7. The molecule has 0 fully saturated rings. The molecule has 0 spiro atoms. The van der Waals surface area contributed by atoms with Crippen molar-refractivity contribution in [3.05, 3.63) is 88.9 Å². The lowest BCUT2D eigenvalue weighted by Crippen LogP contribution is -2.30. The highest BCUT2D eigenvalue weighted by Gasteiger charge is 2.18. The molecule has 164 valence electrons. The number of ether oxygens (including phenoxy) is 1. The van der Waals surface area contributed by atoms with Crippen molar-refractivity contribution in [2.75, 3.05) is 5.32 Å². The molecule has 5 nitrogen and oxygen atoms in total. The Balaban J connectivity index is 1.37. The molecule has 5 rings (SSSR count). The van der Waals surface area contributed by atoms with Crippen LogP contribution in [0.4, 0.5) is 5.69 Å². The number of carbonyl (C=O) groups is 1. The van der Waals surface area contributed by atoms with E-state index in [0.717, 1.165) is 16.3 Å². The van der Waals surface area contributed by atoms with Gasteiger partial charge >= 0.3 is 0 Å². The lowest BCUT2D eigenvalue weighted by molar-refractivity contribution is -0.122. The van der Waals surface area contributed by atoms with Gasteiger partial charge in [-0.2, -0.15) is 0 Å². The summed E-state index contributed by atoms with van der Waals surface area (Å²) in [6, 6.07) is 24.3. The van der Waals surface area contributed by atoms with Gasteiger partial charge in [-0.05, 0) is 60.2 Å². The van der Waals surface area contributed by atoms with Crippen molar-refractivity contribution in [1.29, 1.82) is 0 Å². The van der Waals surface area contributed by atoms with Gasteiger partial charge in [0.15, 0.2) is 11.7 Å². The third-order valence-electron chi connectivity index (χ3n) is 5.24. The van der Waals surface area contributed by atoms with Gasteiger partial charge in [0.05, 0.1) is 5.02 Å². The molecule has 0 saturated carbocycles. The normalized spacial score (nSPS) is 12.1. The maximum absolute atomic E-state index is 12.7. The Bertz CT molecular complexity index is 1490. The molecule has 0 aliphatic carbocycles. The van der Waals surface area contributed by atoms with Crippen molar-refractivity contribution in [3.8, 4) is 17.2 Å². The van der Waals surface area contributed by atoms with Crippen molar-refractivity contribution >= 4 is 56.7 Å². The van der Waals surface area contributed by atoms with E-state index in [9.17, 15) is 4.79 Å². The number of fused-ring (bicyclic) bond motifs is 2. The first-order valence-electron chi connectivity index (χ1n) is 10.3. The summed E-state index contributed by atoms with van der Waals surface area (Å²) in [5.74, 6) is 0.591. The molecule has 0 aliphatic rings. The second-order valence-electron chi connectivity index (χ2n) is 7.55. The summed E-state index contributed by atoms with van der Waals surface area (Å²) in [6.45, 7) is 1.65. The van der Waals surface area contributed by atoms with E-state index in [4.69, 9.17) is 32.4 Å². The second-order valence-corrected chi connectivity index (χ2v) is 8.40. The summed E-state index contributed by atoms with van der Waals surface area (Å²) in [4.78, 5) is 17.3. The van der Waals surface area contributed by atoms with Gasteiger partial charge in [-0.15, -0.1) is 0 Å². The third kappa shape index (κ3) is 4.38. The van der Waals surface area contributed by atoms with Crippen LogP contribution in [0.3, 0.4) is 0 Å². The lowest BCUT2D eigenvalue weighted by Gasteiger charge is -2.15. The molecule has 1 atom stereocenters. The zero-order chi connectivity index (χ0) is 22.9. The number of rotatable bonds is 5. The molecule has 1 N–H and O–H groups in total. The summed E-state index contributed by atoms with van der Waals surface area (Å²) in [5, 5.41) is 5.86. The van der Waals surface area contributed by atoms with Crippen LogP contribution < -0.4 is 10.1 Å². The van der Waals surface area contributed by atoms with E-state index in [1.165, 1.54) is 0 Å². The lowest BCUT2D eigenvalue weighted by atomic mass is 10.0. The minimum atomic E-state index is -0.775. The van der Waals surface area contributed by atoms with Gasteiger partial charge in [0.2, 0.25) is 5.89 Å². The standard InChI is InChI=1S/C26H18Cl2N2O3/c1-15(32-23-11-9-17(27)13-21(23)28)25(31)29-18-10-12-24-22(14-18)30-26(33-24)20-8-4-6-16-5-2-3-7-19(16)20/h2-15H,1H3,(H,29,31). The van der Waals surface area contributed by atoms with Crippen LogP contribution in [0.5, 0.6) is 5.75 Å². The first-order valence-corrected chi connectivity index (χ1v) is 11.0. The van der Waals surface area contributed by atoms with Gasteiger partial charge in [-0.1, -0.05) is 59.6 Å². The zero-order valence-electron chi connectivity index (χ0n) is 17.5. The molecule has 1 aromatic heterocycles. The fraction of sp³-hybridized carbons (Fsp3) is 0.0769. The molecular formula is C26H18Cl2N2O3. The minimum Gasteiger partial charge on any atom is -0.479 e. The van der Waals surface area contributed by atoms with Crippen molar-refractivity contribution in [2.45, 2.75) is 13.0 Å². The molecule has 1 amide bonds. The predicted octanol–water partition coefficient (Wildman–Crippen LogP) is 7.36. The van der Waals surface area contributed by atoms with Gasteiger partial charge in [-0.3, -0.25) is 4.79 Å². The predicted molar refractivity (Wildman–Crippen MR) is 132 cm³/mol. The van der Waals surface area contributed by atoms with Crippen molar-refractivity contribution < 1.29 is 13.9 Å². The highest BCUT2D eigenvalue weighted by molar-refractivity contribution is 6.35. The quantitative estimate of drug-likeness (QED) is 0.287. The number of aromatic nitrogens is 1. The number of nitrogens with zero attached hydrogens (tertiary/aromatic N) is 1. The van der Waals surface area contributed by atoms with E-state index in [2.05, 4.69) is 22.4 Å². The number of amides is 1. The third-order valence-corrected chi connectivity index (χ3v) is 5.77. The average molecular weight is 477 g/mol. The maximum Gasteiger partial charge on any atom is 0.265 e. The topological polar surface area (TPSA) is 64.4 Å². The molecule has 0 aliphatic heterocycles. The van der Waals surface area contributed by atoms with Crippen molar-refractivity contribution in [3.63, 3.8) is 0 Å². The monoisotopic (exact) mass is 476 g/mol. The smallest absolute Gasteiger partial charge is 0.265 e. The number of anilines is 1. The van der Waals surface area contributed by atoms with E-state index in [1.54, 1.807) is 43.3 Å². The van der Waals surface area contributed by atoms with Crippen molar-refractivity contribution in [1.82, 2.24) is 4.98 Å². The Hall–Kier alpha value is -3.54. The van der Waals surface area contributed by atoms with Crippen LogP contribution in [-0.2, 0) is 4.79 Å². The molecule has 1 heterocycles. The molecule has 33 heavy (non-hydrogen) atoms. The highest BCUT2D eigenvalue weighted by Crippen LogP contribution is 2.32. The number of hydrogen-bond acceptors (Lipinski definition) is 4. The van der Waals surface area contributed by atoms with E-state index in [1.807, 2.05) is 30.3 Å². The molecule has 0 radical (unpaired) electrons. The van der Waals surface area contributed by atoms with Gasteiger partial charge < -0.3 is 14.5 Å². The molecular weight excluding hydrogens is 459 g/mol. The number of benzene rings is 4. The molecule has 0 saturated heterocycles. The van der Waals surface area contributed by atoms with Crippen LogP contribution in [0.2, 0.25) is 10.0 Å². The van der Waals surface area contributed by atoms with Gasteiger partial charge in [0.1, 0.15) is 11.3 Å². The Morgan fingerprint density at radius 2 is 1.82 bits per heavy atom. The van der Waals surface area contributed by atoms with Crippen LogP contribution in [0.15, 0.2) is 83.3 Å². The van der Waals surface area contributed by atoms with Crippen molar-refractivity contribution in [2.24, 2.45) is 0 Å². The molecule has 7 heteroatoms. The fourth-order valence-electron chi connectivity index (χ4n) is 3.59. The minimum absolute atomic E-state index is 0.321. The molecule has 5 aromatic rings. The Labute approximate surface area is 199 Å². The Morgan fingerprint density at radius 1 is 1.00 bits per heavy atom. The van der Waals surface area contributed by atoms with Gasteiger partial charge in [0.25, 0.3) is 5.91 Å². The Morgan fingerprint density at radius 3 is 2.67 bits per heavy atom. The first kappa shape index (κ1) is 21.3. The largest absolute Gasteiger partial charge is 0.479 e. The SMILES string of the molecule is CC(Oc1ccc(Cl)cc1Cl)C(=O)Nc1ccc2oc(-c3cccc4ccccc34)nc2c1. The second kappa shape index (κ2) is 8.77. The average Bonchev–Trinajstić information content (AvgIpc) is 3.23. The van der Waals surface area contributed by atoms with E-state index in [-0.39, 0.29) is 5.91 Å². The number of oxazole rings is 1. The van der Waals surface area contributed by atoms with E-state index >= 15 is 0 Å². The Kier molecular flexibility index (Phi) is 5.67. The molecule has 4 aromatic carbocycles. The maximum atomic E-state index is 12.7. The van der Waals surface area contributed by atoms with Crippen LogP contribution in [0.1, 0.15) is 6.92 Å². The van der Waals surface area contributed by atoms with Crippen LogP contribution in [0.25, 0.3) is 33.3 Å². The van der Waals surface area contributed by atoms with Crippen LogP contribution >= 0.6 is 23.2 Å². The zero-order valence-corrected chi connectivity index (χ0v) is 19.0. The van der Waals surface area contributed by atoms with Crippen LogP contribution in [-0.4, -0.2) is 17.0 Å². The number of nitrogens with one attached hydrogen (secondary N) is 1. The summed E-state index contributed by atoms with van der Waals surface area (Å²) in [7, 11) is 0. The fourth-order valence-corrected chi connectivity index (χ4v) is 4.04. The summed E-state index contributed by atoms with van der Waals surface area (Å²) >= 11 is 12.0. The highest BCUT2D eigenvalue weighted by atomic mass is 35.5. The summed E-state index contributed by atoms with van der Waals surface area (Å²) in [5.41, 5.74) is 2.78. The van der Waals surface area contributed by atoms with Crippen LogP contribution in [0, 0.1) is 0 Å². The first-order chi connectivity index (χ1) is 16.0. The number of halogens is 2. The number of hydrogen-bond donors (Lipinski definition) is 1. The van der Waals surface area contributed by atoms with Gasteiger partial charge in [0, 0.05) is 16.3 Å². The summed E-state index contributed by atoms with van der Waals surface area (Å²) in [6.07, 6.45) is -0.775. The van der Waals surface area contributed by atoms with Gasteiger partial charge in [-0.25, -0.2) is 4.98 Å². The van der Waals surface area contributed by atoms with E-state index in [0.29, 0.717) is 38.5 Å². The molecule has 1 unspecified atom stereocenters. The number of carbonyl (C=O) groups excluding carboxylic acids is 1. The molecule has 0 bridgehead atoms. The van der Waals surface area contributed by atoms with E-state index < -0.39 is 6.10 Å².